The summed E-state index contributed by atoms with van der Waals surface area (Å²) in [5, 5.41) is 3.30. The van der Waals surface area contributed by atoms with Crippen molar-refractivity contribution in [1.82, 2.24) is 9.97 Å². The molecule has 1 N–H and O–H groups in total. The van der Waals surface area contributed by atoms with Gasteiger partial charge in [-0.15, -0.1) is 0 Å². The van der Waals surface area contributed by atoms with Crippen LogP contribution in [0.25, 0.3) is 0 Å². The standard InChI is InChI=1S/C13H19N3O2S/c1-10-3-7-14-12(15-10)16-11-4-8-19(17,18)13(9-11)5-2-6-13/h3,7,11H,2,4-6,8-9H2,1H3,(H,14,15,16). The summed E-state index contributed by atoms with van der Waals surface area (Å²) in [6, 6.07) is 2.02. The molecule has 5 nitrogen and oxygen atoms in total. The van der Waals surface area contributed by atoms with Crippen molar-refractivity contribution >= 4 is 15.8 Å². The van der Waals surface area contributed by atoms with Gasteiger partial charge in [0.05, 0.1) is 10.5 Å². The SMILES string of the molecule is Cc1ccnc(NC2CCS(=O)(=O)C3(CCC3)C2)n1. The summed E-state index contributed by atoms with van der Waals surface area (Å²) in [5.74, 6) is 0.898. The first-order valence-electron chi connectivity index (χ1n) is 6.79. The van der Waals surface area contributed by atoms with E-state index in [1.165, 1.54) is 0 Å². The minimum atomic E-state index is -2.90. The molecule has 1 saturated carbocycles. The molecule has 1 unspecified atom stereocenters. The maximum absolute atomic E-state index is 12.2. The molecule has 104 valence electrons. The largest absolute Gasteiger partial charge is 0.351 e. The number of rotatable bonds is 2. The van der Waals surface area contributed by atoms with Crippen LogP contribution in [0.5, 0.6) is 0 Å². The van der Waals surface area contributed by atoms with Crippen LogP contribution in [0.3, 0.4) is 0 Å². The number of nitrogens with zero attached hydrogens (tertiary/aromatic N) is 2. The maximum atomic E-state index is 12.2. The highest BCUT2D eigenvalue weighted by atomic mass is 32.2. The molecule has 3 rings (SSSR count). The Bertz CT molecular complexity index is 581. The second-order valence-corrected chi connectivity index (χ2v) is 8.21. The molecule has 1 aromatic heterocycles. The van der Waals surface area contributed by atoms with E-state index in [9.17, 15) is 8.42 Å². The summed E-state index contributed by atoms with van der Waals surface area (Å²) < 4.78 is 23.9. The summed E-state index contributed by atoms with van der Waals surface area (Å²) in [5.41, 5.74) is 0.916. The van der Waals surface area contributed by atoms with Crippen LogP contribution in [-0.4, -0.2) is 34.9 Å². The lowest BCUT2D eigenvalue weighted by Crippen LogP contribution is -2.53. The van der Waals surface area contributed by atoms with Gasteiger partial charge in [-0.2, -0.15) is 0 Å². The molecular weight excluding hydrogens is 262 g/mol. The Morgan fingerprint density at radius 2 is 2.21 bits per heavy atom. The number of sulfone groups is 1. The Balaban J connectivity index is 1.74. The van der Waals surface area contributed by atoms with E-state index in [-0.39, 0.29) is 11.8 Å². The lowest BCUT2D eigenvalue weighted by atomic mass is 9.79. The highest BCUT2D eigenvalue weighted by Gasteiger charge is 2.52. The molecule has 6 heteroatoms. The van der Waals surface area contributed by atoms with E-state index in [0.717, 1.165) is 25.0 Å². The molecular formula is C13H19N3O2S. The maximum Gasteiger partial charge on any atom is 0.223 e. The molecule has 19 heavy (non-hydrogen) atoms. The minimum Gasteiger partial charge on any atom is -0.351 e. The van der Waals surface area contributed by atoms with Gasteiger partial charge in [0.15, 0.2) is 9.84 Å². The van der Waals surface area contributed by atoms with Crippen molar-refractivity contribution in [3.05, 3.63) is 18.0 Å². The molecule has 2 aliphatic rings. The predicted molar refractivity (Wildman–Crippen MR) is 73.8 cm³/mol. The third-order valence-electron chi connectivity index (χ3n) is 4.41. The van der Waals surface area contributed by atoms with Gasteiger partial charge in [0.1, 0.15) is 0 Å². The van der Waals surface area contributed by atoms with Crippen LogP contribution in [-0.2, 0) is 9.84 Å². The van der Waals surface area contributed by atoms with Gasteiger partial charge in [-0.1, -0.05) is 6.42 Å². The molecule has 0 bridgehead atoms. The van der Waals surface area contributed by atoms with E-state index in [1.54, 1.807) is 6.20 Å². The van der Waals surface area contributed by atoms with Crippen molar-refractivity contribution in [1.29, 1.82) is 0 Å². The van der Waals surface area contributed by atoms with Crippen LogP contribution in [0.15, 0.2) is 12.3 Å². The fourth-order valence-electron chi connectivity index (χ4n) is 3.10. The fraction of sp³-hybridized carbons (Fsp3) is 0.692. The highest BCUT2D eigenvalue weighted by Crippen LogP contribution is 2.46. The number of nitrogens with one attached hydrogen (secondary N) is 1. The van der Waals surface area contributed by atoms with E-state index in [0.29, 0.717) is 18.8 Å². The topological polar surface area (TPSA) is 72.0 Å². The molecule has 2 heterocycles. The zero-order chi connectivity index (χ0) is 13.5. The molecule has 1 aliphatic heterocycles. The van der Waals surface area contributed by atoms with Gasteiger partial charge in [-0.3, -0.25) is 0 Å². The number of hydrogen-bond acceptors (Lipinski definition) is 5. The summed E-state index contributed by atoms with van der Waals surface area (Å²) >= 11 is 0. The second-order valence-electron chi connectivity index (χ2n) is 5.71. The van der Waals surface area contributed by atoms with Crippen molar-refractivity contribution in [2.45, 2.75) is 49.8 Å². The summed E-state index contributed by atoms with van der Waals surface area (Å²) in [6.07, 6.45) is 5.76. The summed E-state index contributed by atoms with van der Waals surface area (Å²) in [4.78, 5) is 8.51. The van der Waals surface area contributed by atoms with E-state index in [2.05, 4.69) is 15.3 Å². The molecule has 0 amide bonds. The van der Waals surface area contributed by atoms with Crippen LogP contribution >= 0.6 is 0 Å². The normalized spacial score (nSPS) is 27.7. The van der Waals surface area contributed by atoms with Gasteiger partial charge in [0.2, 0.25) is 5.95 Å². The molecule has 1 saturated heterocycles. The van der Waals surface area contributed by atoms with Gasteiger partial charge in [0, 0.05) is 17.9 Å². The average molecular weight is 281 g/mol. The Kier molecular flexibility index (Phi) is 3.00. The number of aromatic nitrogens is 2. The fourth-order valence-corrected chi connectivity index (χ4v) is 5.50. The molecule has 2 fully saturated rings. The Morgan fingerprint density at radius 1 is 1.42 bits per heavy atom. The monoisotopic (exact) mass is 281 g/mol. The van der Waals surface area contributed by atoms with Crippen molar-refractivity contribution in [2.75, 3.05) is 11.1 Å². The van der Waals surface area contributed by atoms with E-state index < -0.39 is 14.6 Å². The van der Waals surface area contributed by atoms with E-state index in [1.807, 2.05) is 13.0 Å². The lowest BCUT2D eigenvalue weighted by molar-refractivity contribution is 0.289. The first kappa shape index (κ1) is 12.8. The Labute approximate surface area is 113 Å². The van der Waals surface area contributed by atoms with Crippen LogP contribution in [0, 0.1) is 6.92 Å². The van der Waals surface area contributed by atoms with Crippen molar-refractivity contribution in [2.24, 2.45) is 0 Å². The zero-order valence-electron chi connectivity index (χ0n) is 11.1. The molecule has 0 aromatic carbocycles. The van der Waals surface area contributed by atoms with E-state index in [4.69, 9.17) is 0 Å². The number of aryl methyl sites for hydroxylation is 1. The number of hydrogen-bond donors (Lipinski definition) is 1. The quantitative estimate of drug-likeness (QED) is 0.893. The second kappa shape index (κ2) is 4.44. The third kappa shape index (κ3) is 2.22. The van der Waals surface area contributed by atoms with Crippen molar-refractivity contribution in [3.63, 3.8) is 0 Å². The first-order valence-corrected chi connectivity index (χ1v) is 8.45. The molecule has 1 aliphatic carbocycles. The van der Waals surface area contributed by atoms with Crippen molar-refractivity contribution in [3.8, 4) is 0 Å². The average Bonchev–Trinajstić information content (AvgIpc) is 2.29. The third-order valence-corrected chi connectivity index (χ3v) is 7.07. The van der Waals surface area contributed by atoms with Crippen LogP contribution < -0.4 is 5.32 Å². The number of anilines is 1. The molecule has 1 spiro atoms. The van der Waals surface area contributed by atoms with Gasteiger partial charge in [-0.25, -0.2) is 18.4 Å². The Hall–Kier alpha value is -1.17. The first-order chi connectivity index (χ1) is 9.01. The van der Waals surface area contributed by atoms with Crippen LogP contribution in [0.2, 0.25) is 0 Å². The van der Waals surface area contributed by atoms with E-state index >= 15 is 0 Å². The highest BCUT2D eigenvalue weighted by molar-refractivity contribution is 7.92. The predicted octanol–water partition coefficient (Wildman–Crippen LogP) is 1.70. The smallest absolute Gasteiger partial charge is 0.223 e. The molecule has 1 aromatic rings. The van der Waals surface area contributed by atoms with Crippen molar-refractivity contribution < 1.29 is 8.42 Å². The lowest BCUT2D eigenvalue weighted by Gasteiger charge is -2.46. The summed E-state index contributed by atoms with van der Waals surface area (Å²) in [6.45, 7) is 1.92. The van der Waals surface area contributed by atoms with Gasteiger partial charge < -0.3 is 5.32 Å². The van der Waals surface area contributed by atoms with Crippen LogP contribution in [0.1, 0.15) is 37.8 Å². The molecule has 0 radical (unpaired) electrons. The van der Waals surface area contributed by atoms with Gasteiger partial charge in [-0.05, 0) is 38.7 Å². The molecule has 1 atom stereocenters. The Morgan fingerprint density at radius 3 is 2.84 bits per heavy atom. The zero-order valence-corrected chi connectivity index (χ0v) is 11.9. The van der Waals surface area contributed by atoms with Gasteiger partial charge in [0.25, 0.3) is 0 Å². The van der Waals surface area contributed by atoms with Crippen LogP contribution in [0.4, 0.5) is 5.95 Å². The minimum absolute atomic E-state index is 0.172. The van der Waals surface area contributed by atoms with Gasteiger partial charge >= 0.3 is 0 Å². The summed E-state index contributed by atoms with van der Waals surface area (Å²) in [7, 11) is -2.90.